The van der Waals surface area contributed by atoms with E-state index in [4.69, 9.17) is 21.3 Å². The van der Waals surface area contributed by atoms with E-state index in [1.54, 1.807) is 13.2 Å². The summed E-state index contributed by atoms with van der Waals surface area (Å²) >= 11 is 9.57. The molecule has 1 aliphatic heterocycles. The first-order valence-electron chi connectivity index (χ1n) is 9.24. The van der Waals surface area contributed by atoms with Crippen molar-refractivity contribution < 1.29 is 9.84 Å². The van der Waals surface area contributed by atoms with E-state index >= 15 is 0 Å². The van der Waals surface area contributed by atoms with Gasteiger partial charge in [0.05, 0.1) is 7.11 Å². The van der Waals surface area contributed by atoms with Crippen LogP contribution in [0.15, 0.2) is 76.2 Å². The molecule has 0 amide bonds. The van der Waals surface area contributed by atoms with Crippen LogP contribution in [0.25, 0.3) is 0 Å². The van der Waals surface area contributed by atoms with Crippen LogP contribution in [-0.2, 0) is 0 Å². The van der Waals surface area contributed by atoms with Gasteiger partial charge in [-0.3, -0.25) is 10.3 Å². The van der Waals surface area contributed by atoms with Gasteiger partial charge in [0.2, 0.25) is 0 Å². The summed E-state index contributed by atoms with van der Waals surface area (Å²) < 4.78 is 6.30. The van der Waals surface area contributed by atoms with Crippen LogP contribution in [0.1, 0.15) is 35.3 Å². The summed E-state index contributed by atoms with van der Waals surface area (Å²) in [6, 6.07) is 20.9. The molecule has 6 heteroatoms. The number of phenols is 1. The van der Waals surface area contributed by atoms with Crippen LogP contribution in [0.2, 0.25) is 5.02 Å². The number of halogens is 2. The number of phenolic OH excluding ortho intramolecular Hbond substituents is 1. The van der Waals surface area contributed by atoms with E-state index in [9.17, 15) is 5.11 Å². The normalized spacial score (nSPS) is 18.9. The Morgan fingerprint density at radius 2 is 1.90 bits per heavy atom. The van der Waals surface area contributed by atoms with E-state index in [0.717, 1.165) is 32.6 Å². The van der Waals surface area contributed by atoms with Crippen molar-refractivity contribution in [2.24, 2.45) is 4.99 Å². The molecule has 29 heavy (non-hydrogen) atoms. The van der Waals surface area contributed by atoms with Gasteiger partial charge in [-0.05, 0) is 53.6 Å². The highest BCUT2D eigenvalue weighted by Crippen LogP contribution is 2.36. The number of nitrogens with zero attached hydrogens (tertiary/aromatic N) is 1. The largest absolute Gasteiger partial charge is 0.508 e. The summed E-state index contributed by atoms with van der Waals surface area (Å²) in [5.41, 5.74) is 3.79. The molecule has 1 heterocycles. The molecule has 2 atom stereocenters. The minimum atomic E-state index is -0.259. The average Bonchev–Trinajstić information content (AvgIpc) is 2.75. The van der Waals surface area contributed by atoms with Gasteiger partial charge in [0.1, 0.15) is 17.7 Å². The Bertz CT molecular complexity index is 1050. The van der Waals surface area contributed by atoms with Crippen molar-refractivity contribution in [2.45, 2.75) is 18.6 Å². The molecule has 0 saturated heterocycles. The van der Waals surface area contributed by atoms with Gasteiger partial charge in [0, 0.05) is 33.2 Å². The molecule has 0 unspecified atom stereocenters. The van der Waals surface area contributed by atoms with E-state index in [-0.39, 0.29) is 18.0 Å². The fourth-order valence-electron chi connectivity index (χ4n) is 3.50. The van der Waals surface area contributed by atoms with Gasteiger partial charge in [-0.2, -0.15) is 0 Å². The third-order valence-corrected chi connectivity index (χ3v) is 5.74. The summed E-state index contributed by atoms with van der Waals surface area (Å²) in [6.07, 6.45) is 0.381. The number of ether oxygens (including phenoxy) is 1. The maximum Gasteiger partial charge on any atom is 0.126 e. The first-order chi connectivity index (χ1) is 14.0. The minimum Gasteiger partial charge on any atom is -0.508 e. The second kappa shape index (κ2) is 8.57. The third-order valence-electron chi connectivity index (χ3n) is 5.00. The Labute approximate surface area is 183 Å². The first-order valence-corrected chi connectivity index (χ1v) is 10.4. The number of hydrogen-bond donors (Lipinski definition) is 2. The molecule has 2 N–H and O–H groups in total. The van der Waals surface area contributed by atoms with Crippen molar-refractivity contribution in [3.8, 4) is 11.5 Å². The number of methoxy groups -OCH3 is 1. The van der Waals surface area contributed by atoms with E-state index in [2.05, 4.69) is 21.2 Å². The molecule has 0 saturated carbocycles. The van der Waals surface area contributed by atoms with Crippen LogP contribution in [0, 0.1) is 0 Å². The van der Waals surface area contributed by atoms with Gasteiger partial charge >= 0.3 is 0 Å². The summed E-state index contributed by atoms with van der Waals surface area (Å²) in [4.78, 5) is 4.97. The number of hydrogen-bond acceptors (Lipinski definition) is 4. The topological polar surface area (TPSA) is 53.8 Å². The molecule has 0 bridgehead atoms. The maximum absolute atomic E-state index is 10.5. The maximum atomic E-state index is 10.5. The van der Waals surface area contributed by atoms with Gasteiger partial charge in [-0.1, -0.05) is 51.8 Å². The van der Waals surface area contributed by atoms with Gasteiger partial charge in [-0.15, -0.1) is 0 Å². The van der Waals surface area contributed by atoms with E-state index in [1.807, 2.05) is 60.7 Å². The fourth-order valence-corrected chi connectivity index (χ4v) is 4.01. The summed E-state index contributed by atoms with van der Waals surface area (Å²) in [5.74, 6) is 1.04. The highest BCUT2D eigenvalue weighted by Gasteiger charge is 2.28. The van der Waals surface area contributed by atoms with Gasteiger partial charge in [0.25, 0.3) is 0 Å². The van der Waals surface area contributed by atoms with E-state index < -0.39 is 0 Å². The molecule has 1 aliphatic rings. The predicted molar refractivity (Wildman–Crippen MR) is 120 cm³/mol. The lowest BCUT2D eigenvalue weighted by molar-refractivity contribution is 0.410. The van der Waals surface area contributed by atoms with Crippen molar-refractivity contribution >= 4 is 33.2 Å². The van der Waals surface area contributed by atoms with Gasteiger partial charge in [-0.25, -0.2) is 0 Å². The van der Waals surface area contributed by atoms with Crippen molar-refractivity contribution in [1.29, 1.82) is 0 Å². The minimum absolute atomic E-state index is 0.105. The smallest absolute Gasteiger partial charge is 0.126 e. The lowest BCUT2D eigenvalue weighted by Crippen LogP contribution is -2.33. The zero-order chi connectivity index (χ0) is 20.4. The number of benzene rings is 3. The van der Waals surface area contributed by atoms with Gasteiger partial charge < -0.3 is 9.84 Å². The molecule has 0 aliphatic carbocycles. The lowest BCUT2D eigenvalue weighted by Gasteiger charge is -2.31. The number of aromatic hydroxyl groups is 1. The van der Waals surface area contributed by atoms with Crippen molar-refractivity contribution in [2.75, 3.05) is 7.11 Å². The highest BCUT2D eigenvalue weighted by atomic mass is 79.9. The lowest BCUT2D eigenvalue weighted by atomic mass is 9.93. The Morgan fingerprint density at radius 3 is 2.66 bits per heavy atom. The van der Waals surface area contributed by atoms with Crippen LogP contribution < -0.4 is 10.1 Å². The van der Waals surface area contributed by atoms with Crippen molar-refractivity contribution in [3.63, 3.8) is 0 Å². The number of rotatable bonds is 4. The molecular weight excluding hydrogens is 452 g/mol. The number of nitrogens with one attached hydrogen (secondary N) is 1. The molecule has 3 aromatic rings. The summed E-state index contributed by atoms with van der Waals surface area (Å²) in [7, 11) is 1.65. The standard InChI is InChI=1S/C23H20BrClN2O2/c1-29-18-4-2-3-15(11-18)20-13-21(19-12-16(24)7-10-22(19)28)27-23(26-20)14-5-8-17(25)9-6-14/h2-12,21,23,27-28H,13H2,1H3/t21-,23+/m0/s1. The molecule has 3 aromatic carbocycles. The third kappa shape index (κ3) is 4.47. The van der Waals surface area contributed by atoms with Crippen LogP contribution in [0.5, 0.6) is 11.5 Å². The Balaban J connectivity index is 1.77. The molecule has 0 spiro atoms. The molecule has 4 nitrogen and oxygen atoms in total. The molecule has 0 fully saturated rings. The van der Waals surface area contributed by atoms with E-state index in [1.165, 1.54) is 0 Å². The Kier molecular flexibility index (Phi) is 5.90. The SMILES string of the molecule is COc1cccc(C2=N[C@@H](c3ccc(Cl)cc3)N[C@H](c3cc(Br)ccc3O)C2)c1. The quantitative estimate of drug-likeness (QED) is 0.488. The number of aliphatic imine (C=N–C) groups is 1. The van der Waals surface area contributed by atoms with Crippen LogP contribution in [-0.4, -0.2) is 17.9 Å². The molecule has 0 aromatic heterocycles. The van der Waals surface area contributed by atoms with Crippen molar-refractivity contribution in [3.05, 3.63) is 92.9 Å². The first kappa shape index (κ1) is 20.0. The van der Waals surface area contributed by atoms with Crippen LogP contribution >= 0.6 is 27.5 Å². The Morgan fingerprint density at radius 1 is 1.10 bits per heavy atom. The second-order valence-corrected chi connectivity index (χ2v) is 8.24. The Hall–Kier alpha value is -2.34. The average molecular weight is 472 g/mol. The van der Waals surface area contributed by atoms with E-state index in [0.29, 0.717) is 11.4 Å². The second-order valence-electron chi connectivity index (χ2n) is 6.89. The monoisotopic (exact) mass is 470 g/mol. The molecular formula is C23H20BrClN2O2. The van der Waals surface area contributed by atoms with Crippen LogP contribution in [0.3, 0.4) is 0 Å². The fraction of sp³-hybridized carbons (Fsp3) is 0.174. The zero-order valence-corrected chi connectivity index (χ0v) is 18.1. The summed E-state index contributed by atoms with van der Waals surface area (Å²) in [6.45, 7) is 0. The summed E-state index contributed by atoms with van der Waals surface area (Å²) in [5, 5.41) is 14.7. The zero-order valence-electron chi connectivity index (χ0n) is 15.8. The molecule has 0 radical (unpaired) electrons. The molecule has 4 rings (SSSR count). The van der Waals surface area contributed by atoms with Gasteiger partial charge in [0.15, 0.2) is 0 Å². The molecule has 148 valence electrons. The highest BCUT2D eigenvalue weighted by molar-refractivity contribution is 9.10. The van der Waals surface area contributed by atoms with Crippen molar-refractivity contribution in [1.82, 2.24) is 5.32 Å². The predicted octanol–water partition coefficient (Wildman–Crippen LogP) is 6.04. The van der Waals surface area contributed by atoms with Crippen LogP contribution in [0.4, 0.5) is 0 Å².